The van der Waals surface area contributed by atoms with Gasteiger partial charge in [0.05, 0.1) is 35.3 Å². The van der Waals surface area contributed by atoms with Gasteiger partial charge in [0, 0.05) is 54.9 Å². The summed E-state index contributed by atoms with van der Waals surface area (Å²) >= 11 is 0. The van der Waals surface area contributed by atoms with Gasteiger partial charge in [-0.1, -0.05) is 0 Å². The van der Waals surface area contributed by atoms with Gasteiger partial charge in [-0.05, 0) is 63.8 Å². The van der Waals surface area contributed by atoms with Crippen LogP contribution in [0.25, 0.3) is 16.8 Å². The Morgan fingerprint density at radius 3 is 2.67 bits per heavy atom. The number of amides is 1. The third-order valence-corrected chi connectivity index (χ3v) is 7.04. The maximum Gasteiger partial charge on any atom is 0.254 e. The molecule has 190 valence electrons. The predicted molar refractivity (Wildman–Crippen MR) is 137 cm³/mol. The van der Waals surface area contributed by atoms with Crippen LogP contribution < -0.4 is 10.6 Å². The van der Waals surface area contributed by atoms with Gasteiger partial charge in [0.15, 0.2) is 0 Å². The van der Waals surface area contributed by atoms with Gasteiger partial charge >= 0.3 is 0 Å². The van der Waals surface area contributed by atoms with Crippen LogP contribution in [0.4, 0.5) is 10.1 Å². The van der Waals surface area contributed by atoms with E-state index in [9.17, 15) is 14.3 Å². The summed E-state index contributed by atoms with van der Waals surface area (Å²) in [5.74, 6) is -0.931. The first-order chi connectivity index (χ1) is 17.3. The van der Waals surface area contributed by atoms with Crippen LogP contribution in [-0.2, 0) is 0 Å². The summed E-state index contributed by atoms with van der Waals surface area (Å²) in [5.41, 5.74) is 3.89. The molecule has 3 N–H and O–H groups in total. The Hall–Kier alpha value is -3.30. The zero-order valence-corrected chi connectivity index (χ0v) is 20.9. The van der Waals surface area contributed by atoms with Crippen LogP contribution in [0.1, 0.15) is 49.0 Å². The Kier molecular flexibility index (Phi) is 6.77. The van der Waals surface area contributed by atoms with Crippen LogP contribution >= 0.6 is 0 Å². The van der Waals surface area contributed by atoms with Crippen LogP contribution in [0.15, 0.2) is 43.0 Å². The number of nitrogens with one attached hydrogen (secondary N) is 2. The predicted octanol–water partition coefficient (Wildman–Crippen LogP) is 3.53. The van der Waals surface area contributed by atoms with Crippen LogP contribution in [0.5, 0.6) is 0 Å². The highest BCUT2D eigenvalue weighted by Crippen LogP contribution is 2.27. The van der Waals surface area contributed by atoms with Crippen LogP contribution in [0.3, 0.4) is 0 Å². The summed E-state index contributed by atoms with van der Waals surface area (Å²) in [6, 6.07) is 5.44. The summed E-state index contributed by atoms with van der Waals surface area (Å²) < 4.78 is 16.2. The minimum atomic E-state index is -0.536. The Morgan fingerprint density at radius 2 is 1.94 bits per heavy atom. The molecule has 2 aromatic heterocycles. The number of hydrogen-bond acceptors (Lipinski definition) is 6. The third kappa shape index (κ3) is 5.27. The van der Waals surface area contributed by atoms with Gasteiger partial charge < -0.3 is 15.7 Å². The number of halogens is 1. The van der Waals surface area contributed by atoms with E-state index in [1.54, 1.807) is 36.3 Å². The minimum absolute atomic E-state index is 0.0227. The lowest BCUT2D eigenvalue weighted by atomic mass is 10.00. The smallest absolute Gasteiger partial charge is 0.254 e. The second-order valence-electron chi connectivity index (χ2n) is 10.2. The first-order valence-electron chi connectivity index (χ1n) is 12.6. The standard InChI is InChI=1S/C27H33FN6O2/c1-16(2)33-7-6-24(26(35)15-33)31-21-9-18(11-29-13-21)19-12-30-34(14-19)25-10-22(23(28)8-17(25)3)27(36)32-20-4-5-20/h8-14,16,20,24,26,31,35H,4-7,15H2,1-3H3,(H,32,36)/t24-,26+/m0/s1. The molecule has 8 nitrogen and oxygen atoms in total. The van der Waals surface area contributed by atoms with Crippen molar-refractivity contribution < 1.29 is 14.3 Å². The van der Waals surface area contributed by atoms with Crippen molar-refractivity contribution in [2.75, 3.05) is 18.4 Å². The number of aryl methyl sites for hydroxylation is 1. The van der Waals surface area contributed by atoms with E-state index < -0.39 is 17.8 Å². The summed E-state index contributed by atoms with van der Waals surface area (Å²) in [6.45, 7) is 7.66. The molecule has 36 heavy (non-hydrogen) atoms. The lowest BCUT2D eigenvalue weighted by Gasteiger charge is -2.38. The van der Waals surface area contributed by atoms with Gasteiger partial charge in [0.2, 0.25) is 0 Å². The molecule has 0 radical (unpaired) electrons. The van der Waals surface area contributed by atoms with E-state index in [1.165, 1.54) is 6.07 Å². The highest BCUT2D eigenvalue weighted by atomic mass is 19.1. The third-order valence-electron chi connectivity index (χ3n) is 7.04. The molecule has 2 aliphatic rings. The van der Waals surface area contributed by atoms with E-state index in [4.69, 9.17) is 0 Å². The fourth-order valence-electron chi connectivity index (χ4n) is 4.66. The first kappa shape index (κ1) is 24.4. The second kappa shape index (κ2) is 9.99. The Morgan fingerprint density at radius 1 is 1.14 bits per heavy atom. The number of hydrogen-bond donors (Lipinski definition) is 3. The molecule has 3 aromatic rings. The molecule has 1 saturated carbocycles. The molecule has 9 heteroatoms. The lowest BCUT2D eigenvalue weighted by molar-refractivity contribution is 0.0449. The molecule has 1 aliphatic heterocycles. The van der Waals surface area contributed by atoms with Gasteiger partial charge in [0.1, 0.15) is 5.82 Å². The highest BCUT2D eigenvalue weighted by molar-refractivity contribution is 5.95. The first-order valence-corrected chi connectivity index (χ1v) is 12.6. The van der Waals surface area contributed by atoms with Crippen LogP contribution in [0.2, 0.25) is 0 Å². The van der Waals surface area contributed by atoms with Crippen LogP contribution in [-0.4, -0.2) is 68.0 Å². The summed E-state index contributed by atoms with van der Waals surface area (Å²) in [5, 5.41) is 21.4. The van der Waals surface area contributed by atoms with Crippen molar-refractivity contribution in [3.63, 3.8) is 0 Å². The number of aliphatic hydroxyl groups excluding tert-OH is 1. The van der Waals surface area contributed by atoms with E-state index in [2.05, 4.69) is 39.5 Å². The number of nitrogens with zero attached hydrogens (tertiary/aromatic N) is 4. The number of anilines is 1. The molecule has 0 bridgehead atoms. The second-order valence-corrected chi connectivity index (χ2v) is 10.2. The molecule has 1 amide bonds. The Balaban J connectivity index is 1.33. The number of rotatable bonds is 7. The summed E-state index contributed by atoms with van der Waals surface area (Å²) in [6.07, 6.45) is 9.35. The van der Waals surface area contributed by atoms with Crippen molar-refractivity contribution in [2.45, 2.75) is 64.3 Å². The number of pyridine rings is 1. The van der Waals surface area contributed by atoms with Crippen molar-refractivity contribution in [3.05, 3.63) is 59.9 Å². The van der Waals surface area contributed by atoms with Crippen molar-refractivity contribution in [3.8, 4) is 16.8 Å². The SMILES string of the molecule is Cc1cc(F)c(C(=O)NC2CC2)cc1-n1cc(-c2cncc(N[C@H]3CCN(C(C)C)C[C@H]3O)c2)cn1. The molecule has 3 heterocycles. The molecule has 2 atom stereocenters. The van der Waals surface area contributed by atoms with Gasteiger partial charge in [0.25, 0.3) is 5.91 Å². The molecule has 1 aliphatic carbocycles. The van der Waals surface area contributed by atoms with E-state index in [0.717, 1.165) is 42.6 Å². The topological polar surface area (TPSA) is 95.3 Å². The number of likely N-dealkylation sites (tertiary alicyclic amines) is 1. The van der Waals surface area contributed by atoms with E-state index in [1.807, 2.05) is 12.3 Å². The maximum absolute atomic E-state index is 14.5. The molecule has 5 rings (SSSR count). The normalized spacial score (nSPS) is 20.5. The number of piperidine rings is 1. The number of β-amino-alcohol motifs (C(OH)–C–C–N with tert-alkyl or cyclic N) is 1. The molecular weight excluding hydrogens is 459 g/mol. The van der Waals surface area contributed by atoms with Gasteiger partial charge in [-0.2, -0.15) is 5.10 Å². The molecule has 1 saturated heterocycles. The molecule has 0 spiro atoms. The maximum atomic E-state index is 14.5. The largest absolute Gasteiger partial charge is 0.390 e. The van der Waals surface area contributed by atoms with E-state index in [0.29, 0.717) is 23.8 Å². The summed E-state index contributed by atoms with van der Waals surface area (Å²) in [7, 11) is 0. The van der Waals surface area contributed by atoms with Crippen molar-refractivity contribution >= 4 is 11.6 Å². The van der Waals surface area contributed by atoms with Gasteiger partial charge in [-0.25, -0.2) is 9.07 Å². The Labute approximate surface area is 210 Å². The number of aliphatic hydroxyl groups is 1. The minimum Gasteiger partial charge on any atom is -0.390 e. The zero-order valence-electron chi connectivity index (χ0n) is 20.9. The van der Waals surface area contributed by atoms with E-state index >= 15 is 0 Å². The Bertz CT molecular complexity index is 1250. The quantitative estimate of drug-likeness (QED) is 0.467. The molecule has 1 aromatic carbocycles. The van der Waals surface area contributed by atoms with Crippen molar-refractivity contribution in [1.29, 1.82) is 0 Å². The highest BCUT2D eigenvalue weighted by Gasteiger charge is 2.29. The zero-order chi connectivity index (χ0) is 25.4. The van der Waals surface area contributed by atoms with E-state index in [-0.39, 0.29) is 17.6 Å². The number of carbonyl (C=O) groups excluding carboxylic acids is 1. The molecular formula is C27H33FN6O2. The van der Waals surface area contributed by atoms with Crippen LogP contribution in [0, 0.1) is 12.7 Å². The van der Waals surface area contributed by atoms with Crippen molar-refractivity contribution in [1.82, 2.24) is 25.0 Å². The van der Waals surface area contributed by atoms with Crippen molar-refractivity contribution in [2.24, 2.45) is 0 Å². The fourth-order valence-corrected chi connectivity index (χ4v) is 4.66. The average molecular weight is 493 g/mol. The average Bonchev–Trinajstić information content (AvgIpc) is 3.52. The number of aromatic nitrogens is 3. The fraction of sp³-hybridized carbons (Fsp3) is 0.444. The molecule has 0 unspecified atom stereocenters. The monoisotopic (exact) mass is 492 g/mol. The number of benzene rings is 1. The van der Waals surface area contributed by atoms with Gasteiger partial charge in [-0.3, -0.25) is 14.7 Å². The van der Waals surface area contributed by atoms with Gasteiger partial charge in [-0.15, -0.1) is 0 Å². The summed E-state index contributed by atoms with van der Waals surface area (Å²) in [4.78, 5) is 19.2. The molecule has 2 fully saturated rings. The lowest BCUT2D eigenvalue weighted by Crippen LogP contribution is -2.51. The number of carbonyl (C=O) groups is 1.